The summed E-state index contributed by atoms with van der Waals surface area (Å²) >= 11 is 0. The number of alkyl halides is 3. The summed E-state index contributed by atoms with van der Waals surface area (Å²) in [4.78, 5) is 12.6. The topological polar surface area (TPSA) is 32.3 Å². The van der Waals surface area contributed by atoms with Crippen molar-refractivity contribution in [2.45, 2.75) is 43.9 Å². The van der Waals surface area contributed by atoms with Crippen molar-refractivity contribution in [3.63, 3.8) is 0 Å². The molecule has 2 fully saturated rings. The first kappa shape index (κ1) is 11.7. The molecule has 2 aliphatic rings. The zero-order chi connectivity index (χ0) is 11.8. The largest absolute Gasteiger partial charge is 0.405 e. The van der Waals surface area contributed by atoms with Crippen molar-refractivity contribution >= 4 is 5.91 Å². The van der Waals surface area contributed by atoms with Gasteiger partial charge >= 0.3 is 6.18 Å². The number of rotatable bonds is 1. The van der Waals surface area contributed by atoms with E-state index in [1.54, 1.807) is 0 Å². The molecule has 3 nitrogen and oxygen atoms in total. The number of hydrogen-bond donors (Lipinski definition) is 1. The Morgan fingerprint density at radius 2 is 2.00 bits per heavy atom. The number of amides is 1. The molecule has 1 atom stereocenters. The van der Waals surface area contributed by atoms with Gasteiger partial charge in [0, 0.05) is 25.6 Å². The average Bonchev–Trinajstić information content (AvgIpc) is 2.24. The highest BCUT2D eigenvalue weighted by Crippen LogP contribution is 2.33. The second kappa shape index (κ2) is 4.24. The minimum absolute atomic E-state index is 0.0133. The SMILES string of the molecule is O=C1CCN(C2CCC2)C(C(F)(F)F)CN1. The van der Waals surface area contributed by atoms with Crippen LogP contribution in [0.4, 0.5) is 13.2 Å². The number of carbonyl (C=O) groups is 1. The fourth-order valence-electron chi connectivity index (χ4n) is 2.26. The van der Waals surface area contributed by atoms with Crippen LogP contribution in [-0.4, -0.2) is 42.2 Å². The molecular formula is C10H15F3N2O. The summed E-state index contributed by atoms with van der Waals surface area (Å²) < 4.78 is 38.5. The van der Waals surface area contributed by atoms with Crippen LogP contribution in [0.15, 0.2) is 0 Å². The molecule has 1 unspecified atom stereocenters. The number of nitrogens with zero attached hydrogens (tertiary/aromatic N) is 1. The zero-order valence-corrected chi connectivity index (χ0v) is 8.89. The van der Waals surface area contributed by atoms with Gasteiger partial charge in [-0.1, -0.05) is 6.42 Å². The molecule has 1 saturated carbocycles. The van der Waals surface area contributed by atoms with Crippen molar-refractivity contribution in [1.29, 1.82) is 0 Å². The molecule has 0 bridgehead atoms. The third-order valence-corrected chi connectivity index (χ3v) is 3.41. The number of carbonyl (C=O) groups excluding carboxylic acids is 1. The van der Waals surface area contributed by atoms with Gasteiger partial charge in [0.25, 0.3) is 0 Å². The van der Waals surface area contributed by atoms with Crippen LogP contribution in [0.25, 0.3) is 0 Å². The molecule has 1 aliphatic heterocycles. The normalized spacial score (nSPS) is 29.4. The van der Waals surface area contributed by atoms with E-state index in [2.05, 4.69) is 5.32 Å². The van der Waals surface area contributed by atoms with Gasteiger partial charge in [0.15, 0.2) is 0 Å². The van der Waals surface area contributed by atoms with Crippen molar-refractivity contribution in [2.75, 3.05) is 13.1 Å². The van der Waals surface area contributed by atoms with Crippen LogP contribution in [0.5, 0.6) is 0 Å². The molecule has 1 amide bonds. The van der Waals surface area contributed by atoms with Crippen LogP contribution in [0.3, 0.4) is 0 Å². The second-order valence-electron chi connectivity index (χ2n) is 4.43. The summed E-state index contributed by atoms with van der Waals surface area (Å²) in [5.74, 6) is -0.281. The van der Waals surface area contributed by atoms with Gasteiger partial charge in [-0.2, -0.15) is 13.2 Å². The van der Waals surface area contributed by atoms with Crippen LogP contribution in [-0.2, 0) is 4.79 Å². The fraction of sp³-hybridized carbons (Fsp3) is 0.900. The molecule has 0 aromatic heterocycles. The lowest BCUT2D eigenvalue weighted by atomic mass is 9.90. The monoisotopic (exact) mass is 236 g/mol. The lowest BCUT2D eigenvalue weighted by molar-refractivity contribution is -0.190. The van der Waals surface area contributed by atoms with Gasteiger partial charge in [-0.3, -0.25) is 9.69 Å². The molecule has 16 heavy (non-hydrogen) atoms. The molecule has 6 heteroatoms. The third-order valence-electron chi connectivity index (χ3n) is 3.41. The summed E-state index contributed by atoms with van der Waals surface area (Å²) in [6.07, 6.45) is -1.45. The van der Waals surface area contributed by atoms with Crippen LogP contribution in [0.1, 0.15) is 25.7 Å². The van der Waals surface area contributed by atoms with E-state index in [4.69, 9.17) is 0 Å². The number of nitrogens with one attached hydrogen (secondary N) is 1. The Morgan fingerprint density at radius 1 is 1.31 bits per heavy atom. The van der Waals surface area contributed by atoms with Gasteiger partial charge in [0.05, 0.1) is 0 Å². The van der Waals surface area contributed by atoms with Crippen molar-refractivity contribution in [1.82, 2.24) is 10.2 Å². The van der Waals surface area contributed by atoms with E-state index in [1.165, 1.54) is 4.90 Å². The maximum absolute atomic E-state index is 12.8. The molecule has 1 saturated heterocycles. The van der Waals surface area contributed by atoms with E-state index in [-0.39, 0.29) is 31.5 Å². The Hall–Kier alpha value is -0.780. The minimum Gasteiger partial charge on any atom is -0.354 e. The molecule has 0 aromatic carbocycles. The third kappa shape index (κ3) is 2.31. The molecular weight excluding hydrogens is 221 g/mol. The summed E-state index contributed by atoms with van der Waals surface area (Å²) in [7, 11) is 0. The van der Waals surface area contributed by atoms with E-state index >= 15 is 0 Å². The smallest absolute Gasteiger partial charge is 0.354 e. The number of halogens is 3. The lowest BCUT2D eigenvalue weighted by Gasteiger charge is -2.41. The maximum atomic E-state index is 12.8. The van der Waals surface area contributed by atoms with Gasteiger partial charge < -0.3 is 5.32 Å². The van der Waals surface area contributed by atoms with E-state index in [0.717, 1.165) is 19.3 Å². The Balaban J connectivity index is 2.11. The lowest BCUT2D eigenvalue weighted by Crippen LogP contribution is -2.55. The first-order chi connectivity index (χ1) is 7.48. The van der Waals surface area contributed by atoms with Crippen molar-refractivity contribution < 1.29 is 18.0 Å². The predicted octanol–water partition coefficient (Wildman–Crippen LogP) is 1.29. The van der Waals surface area contributed by atoms with Crippen LogP contribution in [0.2, 0.25) is 0 Å². The van der Waals surface area contributed by atoms with E-state index in [9.17, 15) is 18.0 Å². The molecule has 1 heterocycles. The molecule has 2 rings (SSSR count). The first-order valence-electron chi connectivity index (χ1n) is 5.57. The molecule has 1 aliphatic carbocycles. The summed E-state index contributed by atoms with van der Waals surface area (Å²) in [6.45, 7) is -0.0838. The van der Waals surface area contributed by atoms with Crippen LogP contribution < -0.4 is 5.32 Å². The summed E-state index contributed by atoms with van der Waals surface area (Å²) in [5.41, 5.74) is 0. The Kier molecular flexibility index (Phi) is 3.10. The Labute approximate surface area is 92.0 Å². The van der Waals surface area contributed by atoms with Gasteiger partial charge in [0.1, 0.15) is 6.04 Å². The highest BCUT2D eigenvalue weighted by atomic mass is 19.4. The van der Waals surface area contributed by atoms with Crippen molar-refractivity contribution in [3.8, 4) is 0 Å². The number of hydrogen-bond acceptors (Lipinski definition) is 2. The van der Waals surface area contributed by atoms with E-state index in [0.29, 0.717) is 0 Å². The average molecular weight is 236 g/mol. The second-order valence-corrected chi connectivity index (χ2v) is 4.43. The summed E-state index contributed by atoms with van der Waals surface area (Å²) in [5, 5.41) is 2.33. The highest BCUT2D eigenvalue weighted by molar-refractivity contribution is 5.76. The molecule has 92 valence electrons. The maximum Gasteiger partial charge on any atom is 0.405 e. The van der Waals surface area contributed by atoms with Gasteiger partial charge in [-0.15, -0.1) is 0 Å². The van der Waals surface area contributed by atoms with Gasteiger partial charge in [-0.05, 0) is 12.8 Å². The molecule has 0 aromatic rings. The molecule has 0 spiro atoms. The molecule has 1 N–H and O–H groups in total. The predicted molar refractivity (Wildman–Crippen MR) is 51.8 cm³/mol. The van der Waals surface area contributed by atoms with Crippen molar-refractivity contribution in [2.24, 2.45) is 0 Å². The van der Waals surface area contributed by atoms with Crippen molar-refractivity contribution in [3.05, 3.63) is 0 Å². The fourth-order valence-corrected chi connectivity index (χ4v) is 2.26. The Morgan fingerprint density at radius 3 is 2.50 bits per heavy atom. The van der Waals surface area contributed by atoms with Gasteiger partial charge in [-0.25, -0.2) is 0 Å². The molecule has 0 radical (unpaired) electrons. The first-order valence-corrected chi connectivity index (χ1v) is 5.57. The Bertz CT molecular complexity index is 276. The highest BCUT2D eigenvalue weighted by Gasteiger charge is 2.47. The summed E-state index contributed by atoms with van der Waals surface area (Å²) in [6, 6.07) is -1.50. The zero-order valence-electron chi connectivity index (χ0n) is 8.89. The van der Waals surface area contributed by atoms with Gasteiger partial charge in [0.2, 0.25) is 5.91 Å². The van der Waals surface area contributed by atoms with E-state index < -0.39 is 12.2 Å². The van der Waals surface area contributed by atoms with Crippen LogP contribution in [0, 0.1) is 0 Å². The quantitative estimate of drug-likeness (QED) is 0.744. The standard InChI is InChI=1S/C10H15F3N2O/c11-10(12,13)8-6-14-9(16)4-5-15(8)7-2-1-3-7/h7-8H,1-6H2,(H,14,16). The minimum atomic E-state index is -4.26. The van der Waals surface area contributed by atoms with Crippen LogP contribution >= 0.6 is 0 Å². The van der Waals surface area contributed by atoms with E-state index in [1.807, 2.05) is 0 Å².